The van der Waals surface area contributed by atoms with Crippen molar-refractivity contribution in [2.75, 3.05) is 26.0 Å². The molecule has 0 aromatic rings. The van der Waals surface area contributed by atoms with Crippen LogP contribution in [0.15, 0.2) is 0 Å². The van der Waals surface area contributed by atoms with Crippen molar-refractivity contribution in [3.8, 4) is 0 Å². The fraction of sp³-hybridized carbons (Fsp3) is 0.938. The van der Waals surface area contributed by atoms with Crippen molar-refractivity contribution < 1.29 is 23.1 Å². The highest BCUT2D eigenvalue weighted by Gasteiger charge is 2.25. The van der Waals surface area contributed by atoms with Crippen molar-refractivity contribution in [1.29, 1.82) is 0 Å². The van der Waals surface area contributed by atoms with Crippen molar-refractivity contribution in [2.24, 2.45) is 0 Å². The van der Waals surface area contributed by atoms with Crippen molar-refractivity contribution in [3.63, 3.8) is 0 Å². The Labute approximate surface area is 135 Å². The third-order valence-corrected chi connectivity index (χ3v) is 5.10. The molecule has 0 aliphatic heterocycles. The monoisotopic (exact) mass is 336 g/mol. The molecule has 0 aliphatic rings. The van der Waals surface area contributed by atoms with Crippen LogP contribution >= 0.6 is 7.60 Å². The van der Waals surface area contributed by atoms with Gasteiger partial charge in [0.05, 0.1) is 32.4 Å². The molecule has 0 N–H and O–H groups in total. The molecule has 0 heterocycles. The highest BCUT2D eigenvalue weighted by Crippen LogP contribution is 2.49. The first-order valence-corrected chi connectivity index (χ1v) is 10.3. The van der Waals surface area contributed by atoms with Gasteiger partial charge in [-0.05, 0) is 19.3 Å². The molecule has 0 bridgehead atoms. The summed E-state index contributed by atoms with van der Waals surface area (Å²) in [5.74, 6) is -0.325. The lowest BCUT2D eigenvalue weighted by molar-refractivity contribution is -0.143. The molecular weight excluding hydrogens is 303 g/mol. The van der Waals surface area contributed by atoms with Crippen LogP contribution in [0.1, 0.15) is 72.1 Å². The zero-order valence-electron chi connectivity index (χ0n) is 14.5. The summed E-state index contributed by atoms with van der Waals surface area (Å²) in [6, 6.07) is 0. The summed E-state index contributed by atoms with van der Waals surface area (Å²) in [4.78, 5) is 11.7. The second-order valence-electron chi connectivity index (χ2n) is 5.39. The Hall–Kier alpha value is -0.380. The average Bonchev–Trinajstić information content (AvgIpc) is 2.50. The van der Waals surface area contributed by atoms with Crippen LogP contribution < -0.4 is 0 Å². The van der Waals surface area contributed by atoms with Crippen molar-refractivity contribution >= 4 is 13.6 Å². The largest absolute Gasteiger partial charge is 0.466 e. The summed E-state index contributed by atoms with van der Waals surface area (Å²) in [5, 5.41) is 0. The van der Waals surface area contributed by atoms with Crippen LogP contribution in [0.2, 0.25) is 0 Å². The molecule has 132 valence electrons. The first kappa shape index (κ1) is 21.6. The summed E-state index contributed by atoms with van der Waals surface area (Å²) in [7, 11) is -3.18. The Morgan fingerprint density at radius 2 is 1.36 bits per heavy atom. The first-order chi connectivity index (χ1) is 10.6. The van der Waals surface area contributed by atoms with E-state index >= 15 is 0 Å². The maximum atomic E-state index is 12.6. The van der Waals surface area contributed by atoms with E-state index in [-0.39, 0.29) is 18.6 Å². The van der Waals surface area contributed by atoms with Crippen molar-refractivity contribution in [2.45, 2.75) is 72.1 Å². The quantitative estimate of drug-likeness (QED) is 0.241. The SMILES string of the molecule is CCCCCOC(=O)CCP(=O)(OCCCC)OCCCC. The summed E-state index contributed by atoms with van der Waals surface area (Å²) in [6.07, 6.45) is 6.80. The Bertz CT molecular complexity index is 306. The van der Waals surface area contributed by atoms with Gasteiger partial charge in [-0.25, -0.2) is 0 Å². The molecule has 0 amide bonds. The Morgan fingerprint density at radius 3 is 1.86 bits per heavy atom. The van der Waals surface area contributed by atoms with Gasteiger partial charge in [0.2, 0.25) is 0 Å². The average molecular weight is 336 g/mol. The third kappa shape index (κ3) is 12.2. The summed E-state index contributed by atoms with van der Waals surface area (Å²) >= 11 is 0. The molecule has 0 atom stereocenters. The van der Waals surface area contributed by atoms with E-state index in [2.05, 4.69) is 6.92 Å². The normalized spacial score (nSPS) is 11.6. The number of hydrogen-bond acceptors (Lipinski definition) is 5. The molecule has 0 radical (unpaired) electrons. The Morgan fingerprint density at radius 1 is 0.818 bits per heavy atom. The van der Waals surface area contributed by atoms with E-state index in [1.165, 1.54) is 0 Å². The summed E-state index contributed by atoms with van der Waals surface area (Å²) in [6.45, 7) is 7.43. The summed E-state index contributed by atoms with van der Waals surface area (Å²) in [5.41, 5.74) is 0. The molecule has 0 fully saturated rings. The van der Waals surface area contributed by atoms with Crippen LogP contribution in [-0.4, -0.2) is 32.0 Å². The van der Waals surface area contributed by atoms with Crippen molar-refractivity contribution in [1.82, 2.24) is 0 Å². The molecule has 5 nitrogen and oxygen atoms in total. The van der Waals surface area contributed by atoms with Crippen LogP contribution in [0, 0.1) is 0 Å². The number of rotatable bonds is 15. The van der Waals surface area contributed by atoms with Crippen LogP contribution in [0.25, 0.3) is 0 Å². The fourth-order valence-electron chi connectivity index (χ4n) is 1.70. The maximum absolute atomic E-state index is 12.6. The van der Waals surface area contributed by atoms with Crippen LogP contribution in [0.4, 0.5) is 0 Å². The van der Waals surface area contributed by atoms with Gasteiger partial charge in [-0.2, -0.15) is 0 Å². The molecule has 0 rings (SSSR count). The lowest BCUT2D eigenvalue weighted by Gasteiger charge is -2.18. The molecule has 0 saturated carbocycles. The van der Waals surface area contributed by atoms with Gasteiger partial charge >= 0.3 is 13.6 Å². The van der Waals surface area contributed by atoms with Gasteiger partial charge in [0.1, 0.15) is 0 Å². The van der Waals surface area contributed by atoms with Gasteiger partial charge in [0.25, 0.3) is 0 Å². The number of hydrogen-bond donors (Lipinski definition) is 0. The standard InChI is InChI=1S/C16H33O5P/c1-4-7-10-12-19-16(17)11-15-22(18,20-13-8-5-2)21-14-9-6-3/h4-15H2,1-3H3. The minimum Gasteiger partial charge on any atom is -0.466 e. The minimum atomic E-state index is -3.18. The predicted octanol–water partition coefficient (Wildman–Crippen LogP) is 4.94. The van der Waals surface area contributed by atoms with Gasteiger partial charge in [-0.15, -0.1) is 0 Å². The number of carbonyl (C=O) groups excluding carboxylic acids is 1. The molecule has 0 aliphatic carbocycles. The Balaban J connectivity index is 4.14. The van der Waals surface area contributed by atoms with Gasteiger partial charge in [-0.1, -0.05) is 46.5 Å². The molecular formula is C16H33O5P. The smallest absolute Gasteiger partial charge is 0.331 e. The van der Waals surface area contributed by atoms with Crippen molar-refractivity contribution in [3.05, 3.63) is 0 Å². The van der Waals surface area contributed by atoms with Crippen LogP contribution in [-0.2, 0) is 23.1 Å². The van der Waals surface area contributed by atoms with E-state index in [9.17, 15) is 9.36 Å². The number of esters is 1. The van der Waals surface area contributed by atoms with E-state index in [1.54, 1.807) is 0 Å². The fourth-order valence-corrected chi connectivity index (χ4v) is 3.30. The highest BCUT2D eigenvalue weighted by molar-refractivity contribution is 7.53. The molecule has 0 saturated heterocycles. The van der Waals surface area contributed by atoms with E-state index in [0.29, 0.717) is 19.8 Å². The molecule has 0 aromatic heterocycles. The lowest BCUT2D eigenvalue weighted by Crippen LogP contribution is -2.10. The molecule has 6 heteroatoms. The molecule has 22 heavy (non-hydrogen) atoms. The van der Waals surface area contributed by atoms with Gasteiger partial charge in [0, 0.05) is 0 Å². The summed E-state index contributed by atoms with van der Waals surface area (Å²) < 4.78 is 28.6. The van der Waals surface area contributed by atoms with Gasteiger partial charge in [0.15, 0.2) is 0 Å². The van der Waals surface area contributed by atoms with E-state index in [0.717, 1.165) is 44.9 Å². The number of carbonyl (C=O) groups is 1. The first-order valence-electron chi connectivity index (χ1n) is 8.61. The second kappa shape index (κ2) is 14.2. The van der Waals surface area contributed by atoms with Crippen LogP contribution in [0.3, 0.4) is 0 Å². The van der Waals surface area contributed by atoms with Gasteiger partial charge < -0.3 is 13.8 Å². The highest BCUT2D eigenvalue weighted by atomic mass is 31.2. The molecule has 0 spiro atoms. The number of unbranched alkanes of at least 4 members (excludes halogenated alkanes) is 4. The maximum Gasteiger partial charge on any atom is 0.331 e. The Kier molecular flexibility index (Phi) is 14.0. The van der Waals surface area contributed by atoms with Crippen LogP contribution in [0.5, 0.6) is 0 Å². The zero-order valence-corrected chi connectivity index (χ0v) is 15.4. The topological polar surface area (TPSA) is 61.8 Å². The van der Waals surface area contributed by atoms with E-state index in [4.69, 9.17) is 13.8 Å². The van der Waals surface area contributed by atoms with E-state index < -0.39 is 7.60 Å². The zero-order chi connectivity index (χ0) is 16.7. The third-order valence-electron chi connectivity index (χ3n) is 3.17. The van der Waals surface area contributed by atoms with Gasteiger partial charge in [-0.3, -0.25) is 9.36 Å². The lowest BCUT2D eigenvalue weighted by atomic mass is 10.3. The van der Waals surface area contributed by atoms with E-state index in [1.807, 2.05) is 13.8 Å². The number of ether oxygens (including phenoxy) is 1. The molecule has 0 unspecified atom stereocenters. The molecule has 0 aromatic carbocycles. The predicted molar refractivity (Wildman–Crippen MR) is 89.3 cm³/mol. The minimum absolute atomic E-state index is 0.0850. The second-order valence-corrected chi connectivity index (χ2v) is 7.57.